The topological polar surface area (TPSA) is 46.0 Å². The van der Waals surface area contributed by atoms with Crippen molar-refractivity contribution < 1.29 is 5.11 Å². The molecular weight excluding hydrogens is 248 g/mol. The van der Waals surface area contributed by atoms with Crippen molar-refractivity contribution in [3.63, 3.8) is 0 Å². The molecule has 0 bridgehead atoms. The minimum absolute atomic E-state index is 0.547. The summed E-state index contributed by atoms with van der Waals surface area (Å²) in [5.41, 5.74) is 4.01. The standard InChI is InChI=1S/C17H16N2O/c1-12-6-8-18-11-15(12)17(20)10-13-7-9-19-16-5-3-2-4-14(13)16/h2-9,11,17,20H,10H2,1H3. The first kappa shape index (κ1) is 12.8. The first-order valence-corrected chi connectivity index (χ1v) is 6.67. The number of rotatable bonds is 3. The van der Waals surface area contributed by atoms with Crippen LogP contribution in [0, 0.1) is 6.92 Å². The summed E-state index contributed by atoms with van der Waals surface area (Å²) in [7, 11) is 0. The van der Waals surface area contributed by atoms with E-state index in [1.807, 2.05) is 43.3 Å². The number of para-hydroxylation sites is 1. The average molecular weight is 264 g/mol. The molecule has 3 heteroatoms. The van der Waals surface area contributed by atoms with Crippen molar-refractivity contribution in [3.8, 4) is 0 Å². The van der Waals surface area contributed by atoms with Gasteiger partial charge in [0, 0.05) is 36.0 Å². The highest BCUT2D eigenvalue weighted by Gasteiger charge is 2.13. The molecule has 0 saturated heterocycles. The minimum atomic E-state index is -0.547. The maximum absolute atomic E-state index is 10.5. The van der Waals surface area contributed by atoms with E-state index >= 15 is 0 Å². The number of aliphatic hydroxyl groups is 1. The molecule has 0 fully saturated rings. The smallest absolute Gasteiger partial charge is 0.0848 e. The van der Waals surface area contributed by atoms with Gasteiger partial charge in [-0.3, -0.25) is 9.97 Å². The molecule has 2 aromatic heterocycles. The average Bonchev–Trinajstić information content (AvgIpc) is 2.48. The van der Waals surface area contributed by atoms with E-state index in [4.69, 9.17) is 0 Å². The summed E-state index contributed by atoms with van der Waals surface area (Å²) >= 11 is 0. The van der Waals surface area contributed by atoms with E-state index < -0.39 is 6.10 Å². The summed E-state index contributed by atoms with van der Waals surface area (Å²) in [5.74, 6) is 0. The van der Waals surface area contributed by atoms with E-state index in [1.54, 1.807) is 18.6 Å². The Morgan fingerprint density at radius 3 is 2.80 bits per heavy atom. The predicted octanol–water partition coefficient (Wildman–Crippen LogP) is 3.21. The zero-order valence-electron chi connectivity index (χ0n) is 11.3. The van der Waals surface area contributed by atoms with Crippen LogP contribution in [0.1, 0.15) is 22.8 Å². The van der Waals surface area contributed by atoms with Crippen LogP contribution < -0.4 is 0 Å². The molecule has 0 saturated carbocycles. The number of hydrogen-bond acceptors (Lipinski definition) is 3. The lowest BCUT2D eigenvalue weighted by Gasteiger charge is -2.14. The Balaban J connectivity index is 1.96. The Morgan fingerprint density at radius 2 is 1.95 bits per heavy atom. The van der Waals surface area contributed by atoms with Gasteiger partial charge in [0.1, 0.15) is 0 Å². The third-order valence-corrected chi connectivity index (χ3v) is 3.59. The van der Waals surface area contributed by atoms with Crippen molar-refractivity contribution >= 4 is 10.9 Å². The first-order chi connectivity index (χ1) is 9.75. The van der Waals surface area contributed by atoms with Gasteiger partial charge in [-0.15, -0.1) is 0 Å². The first-order valence-electron chi connectivity index (χ1n) is 6.67. The van der Waals surface area contributed by atoms with Gasteiger partial charge < -0.3 is 5.11 Å². The normalized spacial score (nSPS) is 12.5. The van der Waals surface area contributed by atoms with Gasteiger partial charge in [-0.25, -0.2) is 0 Å². The molecule has 1 aromatic carbocycles. The van der Waals surface area contributed by atoms with Crippen LogP contribution in [0.3, 0.4) is 0 Å². The van der Waals surface area contributed by atoms with E-state index in [2.05, 4.69) is 9.97 Å². The number of benzene rings is 1. The summed E-state index contributed by atoms with van der Waals surface area (Å²) in [6.45, 7) is 1.99. The molecule has 0 spiro atoms. The van der Waals surface area contributed by atoms with Crippen LogP contribution in [-0.2, 0) is 6.42 Å². The Morgan fingerprint density at radius 1 is 1.10 bits per heavy atom. The lowest BCUT2D eigenvalue weighted by Crippen LogP contribution is -2.05. The summed E-state index contributed by atoms with van der Waals surface area (Å²) in [6.07, 6.45) is 5.29. The largest absolute Gasteiger partial charge is 0.388 e. The fourth-order valence-corrected chi connectivity index (χ4v) is 2.48. The quantitative estimate of drug-likeness (QED) is 0.790. The zero-order chi connectivity index (χ0) is 13.9. The van der Waals surface area contributed by atoms with Crippen LogP contribution >= 0.6 is 0 Å². The highest BCUT2D eigenvalue weighted by Crippen LogP contribution is 2.24. The molecule has 0 aliphatic rings. The molecule has 20 heavy (non-hydrogen) atoms. The van der Waals surface area contributed by atoms with Crippen LogP contribution in [0.2, 0.25) is 0 Å². The Labute approximate surface area is 117 Å². The molecule has 1 N–H and O–H groups in total. The third-order valence-electron chi connectivity index (χ3n) is 3.59. The number of aliphatic hydroxyl groups excluding tert-OH is 1. The monoisotopic (exact) mass is 264 g/mol. The molecule has 100 valence electrons. The maximum Gasteiger partial charge on any atom is 0.0848 e. The summed E-state index contributed by atoms with van der Waals surface area (Å²) in [6, 6.07) is 11.9. The van der Waals surface area contributed by atoms with Gasteiger partial charge in [-0.05, 0) is 36.2 Å². The molecule has 1 atom stereocenters. The minimum Gasteiger partial charge on any atom is -0.388 e. The molecule has 3 aromatic rings. The lowest BCUT2D eigenvalue weighted by molar-refractivity contribution is 0.177. The van der Waals surface area contributed by atoms with Crippen LogP contribution in [-0.4, -0.2) is 15.1 Å². The summed E-state index contributed by atoms with van der Waals surface area (Å²) in [5, 5.41) is 11.5. The lowest BCUT2D eigenvalue weighted by atomic mass is 9.97. The number of aryl methyl sites for hydroxylation is 1. The van der Waals surface area contributed by atoms with E-state index in [-0.39, 0.29) is 0 Å². The van der Waals surface area contributed by atoms with Gasteiger partial charge in [-0.2, -0.15) is 0 Å². The van der Waals surface area contributed by atoms with E-state index in [9.17, 15) is 5.11 Å². The Bertz CT molecular complexity index is 734. The molecule has 0 amide bonds. The third kappa shape index (κ3) is 2.40. The Hall–Kier alpha value is -2.26. The van der Waals surface area contributed by atoms with Gasteiger partial charge in [0.05, 0.1) is 11.6 Å². The SMILES string of the molecule is Cc1ccncc1C(O)Cc1ccnc2ccccc12. The van der Waals surface area contributed by atoms with Crippen molar-refractivity contribution in [2.75, 3.05) is 0 Å². The van der Waals surface area contributed by atoms with Gasteiger partial charge in [0.2, 0.25) is 0 Å². The number of nitrogens with zero attached hydrogens (tertiary/aromatic N) is 2. The fraction of sp³-hybridized carbons (Fsp3) is 0.176. The van der Waals surface area contributed by atoms with Gasteiger partial charge >= 0.3 is 0 Å². The second-order valence-corrected chi connectivity index (χ2v) is 4.94. The van der Waals surface area contributed by atoms with E-state index in [0.717, 1.165) is 27.6 Å². The number of pyridine rings is 2. The molecule has 3 rings (SSSR count). The number of hydrogen-bond donors (Lipinski definition) is 1. The highest BCUT2D eigenvalue weighted by atomic mass is 16.3. The molecule has 0 aliphatic carbocycles. The van der Waals surface area contributed by atoms with E-state index in [0.29, 0.717) is 6.42 Å². The fourth-order valence-electron chi connectivity index (χ4n) is 2.48. The summed E-state index contributed by atoms with van der Waals surface area (Å²) in [4.78, 5) is 8.44. The van der Waals surface area contributed by atoms with Crippen molar-refractivity contribution in [1.82, 2.24) is 9.97 Å². The van der Waals surface area contributed by atoms with Crippen LogP contribution in [0.5, 0.6) is 0 Å². The molecule has 0 aliphatic heterocycles. The zero-order valence-corrected chi connectivity index (χ0v) is 11.3. The van der Waals surface area contributed by atoms with Crippen molar-refractivity contribution in [2.45, 2.75) is 19.4 Å². The van der Waals surface area contributed by atoms with Gasteiger partial charge in [-0.1, -0.05) is 18.2 Å². The number of aromatic nitrogens is 2. The number of fused-ring (bicyclic) bond motifs is 1. The molecular formula is C17H16N2O. The van der Waals surface area contributed by atoms with E-state index in [1.165, 1.54) is 0 Å². The van der Waals surface area contributed by atoms with Crippen molar-refractivity contribution in [2.24, 2.45) is 0 Å². The Kier molecular flexibility index (Phi) is 3.44. The van der Waals surface area contributed by atoms with Crippen LogP contribution in [0.25, 0.3) is 10.9 Å². The molecule has 0 radical (unpaired) electrons. The van der Waals surface area contributed by atoms with Crippen LogP contribution in [0.4, 0.5) is 0 Å². The maximum atomic E-state index is 10.5. The van der Waals surface area contributed by atoms with Crippen molar-refractivity contribution in [3.05, 3.63) is 71.7 Å². The highest BCUT2D eigenvalue weighted by molar-refractivity contribution is 5.81. The van der Waals surface area contributed by atoms with Gasteiger partial charge in [0.25, 0.3) is 0 Å². The second kappa shape index (κ2) is 5.39. The molecule has 2 heterocycles. The van der Waals surface area contributed by atoms with Gasteiger partial charge in [0.15, 0.2) is 0 Å². The second-order valence-electron chi connectivity index (χ2n) is 4.94. The summed E-state index contributed by atoms with van der Waals surface area (Å²) < 4.78 is 0. The molecule has 3 nitrogen and oxygen atoms in total. The van der Waals surface area contributed by atoms with Crippen LogP contribution in [0.15, 0.2) is 55.0 Å². The van der Waals surface area contributed by atoms with Crippen molar-refractivity contribution in [1.29, 1.82) is 0 Å². The molecule has 1 unspecified atom stereocenters. The predicted molar refractivity (Wildman–Crippen MR) is 79.4 cm³/mol.